The van der Waals surface area contributed by atoms with E-state index >= 15 is 0 Å². The zero-order valence-corrected chi connectivity index (χ0v) is 6.47. The van der Waals surface area contributed by atoms with Gasteiger partial charge in [-0.3, -0.25) is 4.79 Å². The Morgan fingerprint density at radius 3 is 2.90 bits per heavy atom. The van der Waals surface area contributed by atoms with Crippen molar-refractivity contribution in [3.63, 3.8) is 0 Å². The largest absolute Gasteiger partial charge is 0.390 e. The van der Waals surface area contributed by atoms with Gasteiger partial charge >= 0.3 is 0 Å². The minimum absolute atomic E-state index is 0.231. The molecule has 0 aromatic heterocycles. The van der Waals surface area contributed by atoms with Crippen LogP contribution in [-0.2, 0) is 4.79 Å². The van der Waals surface area contributed by atoms with Crippen LogP contribution in [-0.4, -0.2) is 29.4 Å². The predicted molar refractivity (Wildman–Crippen MR) is 43.1 cm³/mol. The van der Waals surface area contributed by atoms with Crippen molar-refractivity contribution in [2.75, 3.05) is 12.3 Å². The van der Waals surface area contributed by atoms with E-state index < -0.39 is 6.10 Å². The number of hydrogen-bond donors (Lipinski definition) is 3. The summed E-state index contributed by atoms with van der Waals surface area (Å²) in [5, 5.41) is 11.3. The summed E-state index contributed by atoms with van der Waals surface area (Å²) in [6.07, 6.45) is 0.581. The average Bonchev–Trinajstić information content (AvgIpc) is 1.99. The second kappa shape index (κ2) is 5.32. The molecular weight excluding hydrogens is 150 g/mol. The molecule has 0 bridgehead atoms. The Kier molecular flexibility index (Phi) is 5.06. The molecule has 3 nitrogen and oxygen atoms in total. The van der Waals surface area contributed by atoms with Crippen molar-refractivity contribution in [2.45, 2.75) is 6.10 Å². The fraction of sp³-hybridized carbons (Fsp3) is 0.500. The summed E-state index contributed by atoms with van der Waals surface area (Å²) >= 11 is 3.82. The maximum atomic E-state index is 10.5. The van der Waals surface area contributed by atoms with Gasteiger partial charge in [-0.1, -0.05) is 6.58 Å². The quantitative estimate of drug-likeness (QED) is 0.387. The number of hydrogen-bond acceptors (Lipinski definition) is 3. The molecule has 0 saturated carbocycles. The summed E-state index contributed by atoms with van der Waals surface area (Å²) in [4.78, 5) is 10.5. The third kappa shape index (κ3) is 4.40. The second-order valence-corrected chi connectivity index (χ2v) is 2.15. The number of carbonyl (C=O) groups is 1. The Hall–Kier alpha value is -0.480. The van der Waals surface area contributed by atoms with E-state index in [1.54, 1.807) is 0 Å². The molecule has 4 heteroatoms. The van der Waals surface area contributed by atoms with Crippen molar-refractivity contribution in [3.8, 4) is 0 Å². The van der Waals surface area contributed by atoms with Gasteiger partial charge in [0.05, 0.1) is 6.10 Å². The number of aliphatic hydroxyl groups excluding tert-OH is 1. The van der Waals surface area contributed by atoms with Crippen molar-refractivity contribution in [2.24, 2.45) is 0 Å². The molecule has 0 aliphatic rings. The first-order valence-electron chi connectivity index (χ1n) is 2.90. The molecule has 0 rings (SSSR count). The molecule has 1 unspecified atom stereocenters. The minimum Gasteiger partial charge on any atom is -0.390 e. The highest BCUT2D eigenvalue weighted by Gasteiger charge is 2.00. The van der Waals surface area contributed by atoms with Crippen LogP contribution in [0, 0.1) is 0 Å². The lowest BCUT2D eigenvalue weighted by molar-refractivity contribution is -0.116. The molecule has 0 saturated heterocycles. The third-order valence-corrected chi connectivity index (χ3v) is 1.33. The zero-order valence-electron chi connectivity index (χ0n) is 5.58. The summed E-state index contributed by atoms with van der Waals surface area (Å²) in [6, 6.07) is 0. The predicted octanol–water partition coefficient (Wildman–Crippen LogP) is -0.421. The molecule has 0 heterocycles. The standard InChI is InChI=1S/C6H11NO2S/c1-2-6(9)7-3-5(8)4-10/h2,5,8,10H,1,3-4H2,(H,7,9). The van der Waals surface area contributed by atoms with Gasteiger partial charge in [0.15, 0.2) is 0 Å². The maximum Gasteiger partial charge on any atom is 0.243 e. The van der Waals surface area contributed by atoms with Crippen LogP contribution < -0.4 is 5.32 Å². The lowest BCUT2D eigenvalue weighted by Gasteiger charge is -2.06. The fourth-order valence-corrected chi connectivity index (χ4v) is 0.484. The number of rotatable bonds is 4. The number of carbonyl (C=O) groups excluding carboxylic acids is 1. The minimum atomic E-state index is -0.577. The van der Waals surface area contributed by atoms with Crippen molar-refractivity contribution >= 4 is 18.5 Å². The van der Waals surface area contributed by atoms with Gasteiger partial charge in [-0.05, 0) is 6.08 Å². The first kappa shape index (κ1) is 9.52. The summed E-state index contributed by atoms with van der Waals surface area (Å²) < 4.78 is 0. The second-order valence-electron chi connectivity index (χ2n) is 1.79. The van der Waals surface area contributed by atoms with Crippen LogP contribution >= 0.6 is 12.6 Å². The summed E-state index contributed by atoms with van der Waals surface area (Å²) in [6.45, 7) is 3.48. The molecule has 10 heavy (non-hydrogen) atoms. The first-order chi connectivity index (χ1) is 4.70. The Balaban J connectivity index is 3.34. The lowest BCUT2D eigenvalue weighted by atomic mass is 10.4. The van der Waals surface area contributed by atoms with Gasteiger partial charge in [-0.25, -0.2) is 0 Å². The molecule has 0 aromatic rings. The van der Waals surface area contributed by atoms with Crippen molar-refractivity contribution in [1.82, 2.24) is 5.32 Å². The molecule has 0 aliphatic heterocycles. The SMILES string of the molecule is C=CC(=O)NCC(O)CS. The number of nitrogens with one attached hydrogen (secondary N) is 1. The molecule has 0 fully saturated rings. The highest BCUT2D eigenvalue weighted by molar-refractivity contribution is 7.80. The smallest absolute Gasteiger partial charge is 0.243 e. The molecule has 0 aliphatic carbocycles. The van der Waals surface area contributed by atoms with E-state index in [2.05, 4.69) is 24.5 Å². The molecule has 2 N–H and O–H groups in total. The van der Waals surface area contributed by atoms with E-state index in [9.17, 15) is 4.79 Å². The lowest BCUT2D eigenvalue weighted by Crippen LogP contribution is -2.31. The Labute approximate surface area is 65.5 Å². The monoisotopic (exact) mass is 161 g/mol. The van der Waals surface area contributed by atoms with E-state index in [0.717, 1.165) is 6.08 Å². The van der Waals surface area contributed by atoms with Gasteiger partial charge in [0.1, 0.15) is 0 Å². The van der Waals surface area contributed by atoms with Crippen LogP contribution in [0.4, 0.5) is 0 Å². The average molecular weight is 161 g/mol. The van der Waals surface area contributed by atoms with Crippen molar-refractivity contribution in [1.29, 1.82) is 0 Å². The highest BCUT2D eigenvalue weighted by atomic mass is 32.1. The van der Waals surface area contributed by atoms with Crippen LogP contribution in [0.25, 0.3) is 0 Å². The molecule has 0 radical (unpaired) electrons. The Morgan fingerprint density at radius 1 is 1.90 bits per heavy atom. The van der Waals surface area contributed by atoms with E-state index in [0.29, 0.717) is 5.75 Å². The fourth-order valence-electron chi connectivity index (χ4n) is 0.355. The molecule has 0 spiro atoms. The van der Waals surface area contributed by atoms with Gasteiger partial charge < -0.3 is 10.4 Å². The van der Waals surface area contributed by atoms with Crippen molar-refractivity contribution < 1.29 is 9.90 Å². The Morgan fingerprint density at radius 2 is 2.50 bits per heavy atom. The van der Waals surface area contributed by atoms with Gasteiger partial charge in [0.25, 0.3) is 0 Å². The number of thiol groups is 1. The van der Waals surface area contributed by atoms with Gasteiger partial charge in [0.2, 0.25) is 5.91 Å². The normalized spacial score (nSPS) is 12.2. The summed E-state index contributed by atoms with van der Waals surface area (Å²) in [5.41, 5.74) is 0. The van der Waals surface area contributed by atoms with E-state index in [1.807, 2.05) is 0 Å². The van der Waals surface area contributed by atoms with Crippen LogP contribution in [0.3, 0.4) is 0 Å². The first-order valence-corrected chi connectivity index (χ1v) is 3.53. The zero-order chi connectivity index (χ0) is 7.98. The summed E-state index contributed by atoms with van der Waals surface area (Å²) in [5.74, 6) is 0.0677. The molecule has 58 valence electrons. The molecule has 1 atom stereocenters. The Bertz CT molecular complexity index is 127. The van der Waals surface area contributed by atoms with Gasteiger partial charge in [-0.2, -0.15) is 12.6 Å². The highest BCUT2D eigenvalue weighted by Crippen LogP contribution is 1.83. The van der Waals surface area contributed by atoms with Crippen LogP contribution in [0.2, 0.25) is 0 Å². The van der Waals surface area contributed by atoms with Gasteiger partial charge in [-0.15, -0.1) is 0 Å². The van der Waals surface area contributed by atoms with E-state index in [-0.39, 0.29) is 12.5 Å². The van der Waals surface area contributed by atoms with Crippen LogP contribution in [0.5, 0.6) is 0 Å². The number of amides is 1. The van der Waals surface area contributed by atoms with Crippen LogP contribution in [0.1, 0.15) is 0 Å². The van der Waals surface area contributed by atoms with E-state index in [1.165, 1.54) is 0 Å². The van der Waals surface area contributed by atoms with E-state index in [4.69, 9.17) is 5.11 Å². The van der Waals surface area contributed by atoms with Crippen LogP contribution in [0.15, 0.2) is 12.7 Å². The molecule has 1 amide bonds. The number of aliphatic hydroxyl groups is 1. The summed E-state index contributed by atoms with van der Waals surface area (Å²) in [7, 11) is 0. The third-order valence-electron chi connectivity index (χ3n) is 0.908. The topological polar surface area (TPSA) is 49.3 Å². The molecule has 0 aromatic carbocycles. The maximum absolute atomic E-state index is 10.5. The molecular formula is C6H11NO2S. The van der Waals surface area contributed by atoms with Crippen molar-refractivity contribution in [3.05, 3.63) is 12.7 Å². The van der Waals surface area contributed by atoms with Gasteiger partial charge in [0, 0.05) is 12.3 Å².